The van der Waals surface area contributed by atoms with E-state index in [1.54, 1.807) is 12.6 Å². The molecule has 1 atom stereocenters. The molecule has 27 heavy (non-hydrogen) atoms. The Morgan fingerprint density at radius 2 is 2.15 bits per heavy atom. The number of aromatic nitrogens is 2. The molecule has 142 valence electrons. The normalized spacial score (nSPS) is 20.7. The van der Waals surface area contributed by atoms with Gasteiger partial charge in [0.05, 0.1) is 18.1 Å². The highest BCUT2D eigenvalue weighted by Crippen LogP contribution is 2.50. The van der Waals surface area contributed by atoms with Crippen LogP contribution in [0.1, 0.15) is 47.5 Å². The molecule has 0 unspecified atom stereocenters. The lowest BCUT2D eigenvalue weighted by atomic mass is 9.71. The van der Waals surface area contributed by atoms with Gasteiger partial charge in [-0.25, -0.2) is 0 Å². The Hall–Kier alpha value is -2.32. The van der Waals surface area contributed by atoms with Gasteiger partial charge >= 0.3 is 0 Å². The van der Waals surface area contributed by atoms with Crippen molar-refractivity contribution in [3.05, 3.63) is 40.9 Å². The molecule has 1 N–H and O–H groups in total. The summed E-state index contributed by atoms with van der Waals surface area (Å²) in [5.74, 6) is -0.574. The predicted molar refractivity (Wildman–Crippen MR) is 102 cm³/mol. The number of carbonyl (C=O) groups is 2. The van der Waals surface area contributed by atoms with Crippen LogP contribution in [0.15, 0.2) is 29.8 Å². The van der Waals surface area contributed by atoms with Crippen molar-refractivity contribution >= 4 is 28.3 Å². The molecule has 2 amide bonds. The molecule has 1 aliphatic carbocycles. The lowest BCUT2D eigenvalue weighted by molar-refractivity contribution is -0.121. The summed E-state index contributed by atoms with van der Waals surface area (Å²) in [5.41, 5.74) is 2.48. The molecule has 1 spiro atoms. The van der Waals surface area contributed by atoms with Crippen molar-refractivity contribution < 1.29 is 14.3 Å². The summed E-state index contributed by atoms with van der Waals surface area (Å²) in [6.45, 7) is 0.923. The number of anilines is 1. The summed E-state index contributed by atoms with van der Waals surface area (Å²) >= 11 is 1.29. The lowest BCUT2D eigenvalue weighted by Crippen LogP contribution is -2.60. The molecular formula is C19H22N4O3S. The summed E-state index contributed by atoms with van der Waals surface area (Å²) in [4.78, 5) is 28.5. The molecule has 0 saturated heterocycles. The second-order valence-electron chi connectivity index (χ2n) is 7.01. The van der Waals surface area contributed by atoms with Gasteiger partial charge in [0, 0.05) is 19.2 Å². The Labute approximate surface area is 161 Å². The van der Waals surface area contributed by atoms with Gasteiger partial charge in [0.2, 0.25) is 11.0 Å². The van der Waals surface area contributed by atoms with Crippen LogP contribution in [0.4, 0.5) is 5.13 Å². The Balaban J connectivity index is 1.80. The summed E-state index contributed by atoms with van der Waals surface area (Å²) in [5, 5.41) is 11.1. The molecule has 2 heterocycles. The second kappa shape index (κ2) is 7.36. The Morgan fingerprint density at radius 3 is 2.85 bits per heavy atom. The number of hydrogen-bond donors (Lipinski definition) is 1. The first-order chi connectivity index (χ1) is 13.2. The molecule has 1 aliphatic heterocycles. The van der Waals surface area contributed by atoms with Gasteiger partial charge in [-0.15, -0.1) is 10.2 Å². The molecule has 2 aromatic rings. The van der Waals surface area contributed by atoms with Gasteiger partial charge in [0.25, 0.3) is 5.91 Å². The van der Waals surface area contributed by atoms with E-state index in [0.717, 1.165) is 31.2 Å². The largest absolute Gasteiger partial charge is 0.383 e. The summed E-state index contributed by atoms with van der Waals surface area (Å²) < 4.78 is 5.25. The van der Waals surface area contributed by atoms with Crippen LogP contribution in [-0.4, -0.2) is 52.7 Å². The van der Waals surface area contributed by atoms with Crippen molar-refractivity contribution in [2.24, 2.45) is 0 Å². The summed E-state index contributed by atoms with van der Waals surface area (Å²) in [6.07, 6.45) is 3.62. The molecule has 1 aromatic heterocycles. The molecule has 2 aliphatic rings. The van der Waals surface area contributed by atoms with Gasteiger partial charge in [0.15, 0.2) is 0 Å². The lowest BCUT2D eigenvalue weighted by Gasteiger charge is -2.50. The standard InChI is InChI=1S/C19H22N4O3S/c1-26-11-10-23-17(25)14-7-3-2-6-13(14)15(19(23)8-4-5-9-19)16(24)21-18-22-20-12-27-18/h2-3,6-7,12,15H,4-5,8-11H2,1H3,(H,21,22,24)/t15-/m1/s1. The highest BCUT2D eigenvalue weighted by atomic mass is 32.1. The zero-order valence-corrected chi connectivity index (χ0v) is 16.0. The number of nitrogens with one attached hydrogen (secondary N) is 1. The van der Waals surface area contributed by atoms with Crippen molar-refractivity contribution in [1.29, 1.82) is 0 Å². The van der Waals surface area contributed by atoms with E-state index < -0.39 is 11.5 Å². The SMILES string of the molecule is COCCN1C(=O)c2ccccc2[C@H](C(=O)Nc2nncs2)C12CCCC2. The second-order valence-corrected chi connectivity index (χ2v) is 7.85. The van der Waals surface area contributed by atoms with Gasteiger partial charge in [-0.2, -0.15) is 0 Å². The van der Waals surface area contributed by atoms with E-state index in [9.17, 15) is 9.59 Å². The van der Waals surface area contributed by atoms with Crippen LogP contribution < -0.4 is 5.32 Å². The maximum absolute atomic E-state index is 13.4. The summed E-state index contributed by atoms with van der Waals surface area (Å²) in [7, 11) is 1.63. The van der Waals surface area contributed by atoms with E-state index in [4.69, 9.17) is 4.74 Å². The third-order valence-corrected chi connectivity index (χ3v) is 6.27. The van der Waals surface area contributed by atoms with E-state index in [-0.39, 0.29) is 11.8 Å². The number of carbonyl (C=O) groups excluding carboxylic acids is 2. The molecule has 7 nitrogen and oxygen atoms in total. The van der Waals surface area contributed by atoms with Gasteiger partial charge in [0.1, 0.15) is 5.51 Å². The minimum absolute atomic E-state index is 0.00971. The minimum atomic E-state index is -0.515. The molecule has 0 radical (unpaired) electrons. The molecule has 4 rings (SSSR count). The molecule has 0 bridgehead atoms. The first-order valence-electron chi connectivity index (χ1n) is 9.14. The molecule has 8 heteroatoms. The van der Waals surface area contributed by atoms with E-state index in [1.807, 2.05) is 29.2 Å². The number of benzene rings is 1. The van der Waals surface area contributed by atoms with E-state index in [1.165, 1.54) is 11.3 Å². The molecule has 1 aromatic carbocycles. The van der Waals surface area contributed by atoms with Gasteiger partial charge in [-0.1, -0.05) is 42.4 Å². The molecule has 1 fully saturated rings. The number of fused-ring (bicyclic) bond motifs is 1. The zero-order valence-electron chi connectivity index (χ0n) is 15.2. The average Bonchev–Trinajstić information content (AvgIpc) is 3.35. The highest BCUT2D eigenvalue weighted by Gasteiger charge is 2.55. The van der Waals surface area contributed by atoms with Crippen LogP contribution in [-0.2, 0) is 9.53 Å². The zero-order chi connectivity index (χ0) is 18.9. The van der Waals surface area contributed by atoms with Crippen LogP contribution in [0.25, 0.3) is 0 Å². The first-order valence-corrected chi connectivity index (χ1v) is 10.0. The van der Waals surface area contributed by atoms with E-state index in [0.29, 0.717) is 23.8 Å². The Bertz CT molecular complexity index is 833. The van der Waals surface area contributed by atoms with Crippen LogP contribution in [0.2, 0.25) is 0 Å². The fourth-order valence-electron chi connectivity index (χ4n) is 4.58. The van der Waals surface area contributed by atoms with Crippen LogP contribution in [0.5, 0.6) is 0 Å². The van der Waals surface area contributed by atoms with Crippen LogP contribution in [0, 0.1) is 0 Å². The Morgan fingerprint density at radius 1 is 1.37 bits per heavy atom. The fraction of sp³-hybridized carbons (Fsp3) is 0.474. The van der Waals surface area contributed by atoms with E-state index in [2.05, 4.69) is 15.5 Å². The summed E-state index contributed by atoms with van der Waals surface area (Å²) in [6, 6.07) is 7.46. The van der Waals surface area contributed by atoms with Gasteiger partial charge in [-0.3, -0.25) is 14.9 Å². The van der Waals surface area contributed by atoms with E-state index >= 15 is 0 Å². The predicted octanol–water partition coefficient (Wildman–Crippen LogP) is 2.68. The number of rotatable bonds is 5. The maximum Gasteiger partial charge on any atom is 0.254 e. The van der Waals surface area contributed by atoms with Crippen molar-refractivity contribution in [1.82, 2.24) is 15.1 Å². The maximum atomic E-state index is 13.4. The average molecular weight is 386 g/mol. The highest BCUT2D eigenvalue weighted by molar-refractivity contribution is 7.13. The minimum Gasteiger partial charge on any atom is -0.383 e. The van der Waals surface area contributed by atoms with Crippen molar-refractivity contribution in [3.63, 3.8) is 0 Å². The van der Waals surface area contributed by atoms with Crippen molar-refractivity contribution in [2.75, 3.05) is 25.6 Å². The fourth-order valence-corrected chi connectivity index (χ4v) is 5.03. The monoisotopic (exact) mass is 386 g/mol. The Kier molecular flexibility index (Phi) is 4.92. The van der Waals surface area contributed by atoms with Gasteiger partial charge < -0.3 is 9.64 Å². The first kappa shape index (κ1) is 18.1. The van der Waals surface area contributed by atoms with Crippen LogP contribution >= 0.6 is 11.3 Å². The number of methoxy groups -OCH3 is 1. The number of hydrogen-bond acceptors (Lipinski definition) is 6. The van der Waals surface area contributed by atoms with Gasteiger partial charge in [-0.05, 0) is 24.5 Å². The smallest absolute Gasteiger partial charge is 0.254 e. The van der Waals surface area contributed by atoms with Crippen molar-refractivity contribution in [3.8, 4) is 0 Å². The third kappa shape index (κ3) is 3.02. The topological polar surface area (TPSA) is 84.4 Å². The van der Waals surface area contributed by atoms with Crippen molar-refractivity contribution in [2.45, 2.75) is 37.1 Å². The van der Waals surface area contributed by atoms with Crippen LogP contribution in [0.3, 0.4) is 0 Å². The molecule has 1 saturated carbocycles. The number of nitrogens with zero attached hydrogens (tertiary/aromatic N) is 3. The quantitative estimate of drug-likeness (QED) is 0.854. The number of ether oxygens (including phenoxy) is 1. The number of amides is 2. The third-order valence-electron chi connectivity index (χ3n) is 5.66. The molecular weight excluding hydrogens is 364 g/mol.